The van der Waals surface area contributed by atoms with Crippen molar-refractivity contribution in [3.8, 4) is 0 Å². The van der Waals surface area contributed by atoms with Crippen molar-refractivity contribution in [2.45, 2.75) is 65.1 Å². The summed E-state index contributed by atoms with van der Waals surface area (Å²) in [4.78, 5) is 25.0. The van der Waals surface area contributed by atoms with Crippen LogP contribution in [-0.4, -0.2) is 36.4 Å². The summed E-state index contributed by atoms with van der Waals surface area (Å²) in [6.45, 7) is 5.39. The molecule has 0 spiro atoms. The molecular formula is C17H28N2O4S. The van der Waals surface area contributed by atoms with Gasteiger partial charge in [0.15, 0.2) is 11.4 Å². The highest BCUT2D eigenvalue weighted by atomic mass is 32.1. The smallest absolute Gasteiger partial charge is 0.241 e. The van der Waals surface area contributed by atoms with Crippen LogP contribution in [0.4, 0.5) is 0 Å². The summed E-state index contributed by atoms with van der Waals surface area (Å²) >= 11 is 4.91. The number of carbonyl (C=O) groups is 2. The highest BCUT2D eigenvalue weighted by molar-refractivity contribution is 7.80. The number of hydrogen-bond acceptors (Lipinski definition) is 5. The van der Waals surface area contributed by atoms with Crippen molar-refractivity contribution in [1.29, 1.82) is 0 Å². The van der Waals surface area contributed by atoms with Gasteiger partial charge in [-0.25, -0.2) is 0 Å². The monoisotopic (exact) mass is 356 g/mol. The van der Waals surface area contributed by atoms with Gasteiger partial charge in [-0.15, -0.1) is 0 Å². The molecule has 2 heterocycles. The third-order valence-corrected chi connectivity index (χ3v) is 4.87. The zero-order chi connectivity index (χ0) is 17.6. The van der Waals surface area contributed by atoms with Gasteiger partial charge in [0.1, 0.15) is 5.41 Å². The van der Waals surface area contributed by atoms with Crippen molar-refractivity contribution < 1.29 is 19.1 Å². The van der Waals surface area contributed by atoms with Crippen LogP contribution in [0.15, 0.2) is 0 Å². The average molecular weight is 356 g/mol. The molecule has 136 valence electrons. The first-order chi connectivity index (χ1) is 11.4. The Morgan fingerprint density at radius 3 is 2.54 bits per heavy atom. The minimum Gasteiger partial charge on any atom is -0.353 e. The Morgan fingerprint density at radius 2 is 1.96 bits per heavy atom. The Bertz CT molecular complexity index is 455. The van der Waals surface area contributed by atoms with Gasteiger partial charge in [0, 0.05) is 13.2 Å². The van der Waals surface area contributed by atoms with Crippen LogP contribution in [0, 0.1) is 11.3 Å². The zero-order valence-corrected chi connectivity index (χ0v) is 15.4. The predicted molar refractivity (Wildman–Crippen MR) is 94.2 cm³/mol. The molecule has 24 heavy (non-hydrogen) atoms. The highest BCUT2D eigenvalue weighted by Crippen LogP contribution is 2.34. The number of nitrogens with one attached hydrogen (secondary N) is 2. The van der Waals surface area contributed by atoms with E-state index in [4.69, 9.17) is 21.7 Å². The lowest BCUT2D eigenvalue weighted by Crippen LogP contribution is -2.62. The zero-order valence-electron chi connectivity index (χ0n) is 14.6. The van der Waals surface area contributed by atoms with Crippen LogP contribution in [-0.2, 0) is 19.1 Å². The van der Waals surface area contributed by atoms with Crippen molar-refractivity contribution in [3.63, 3.8) is 0 Å². The Labute approximate surface area is 149 Å². The van der Waals surface area contributed by atoms with Crippen molar-refractivity contribution in [2.24, 2.45) is 11.3 Å². The first-order valence-electron chi connectivity index (χ1n) is 8.84. The Morgan fingerprint density at radius 1 is 1.25 bits per heavy atom. The second-order valence-electron chi connectivity index (χ2n) is 7.02. The Kier molecular flexibility index (Phi) is 7.13. The number of amides is 2. The van der Waals surface area contributed by atoms with E-state index in [0.717, 1.165) is 32.3 Å². The standard InChI is InChI=1S/C17H28N2O4S/c1-12(2)7-9-17(14(20)18-16(24)19-15(17)21)8-5-11-23-13-6-3-4-10-22-13/h12-13H,3-11H2,1-2H3,(H2,18,19,20,21,24). The second kappa shape index (κ2) is 8.87. The summed E-state index contributed by atoms with van der Waals surface area (Å²) in [6, 6.07) is 0. The molecule has 2 fully saturated rings. The van der Waals surface area contributed by atoms with Gasteiger partial charge in [-0.05, 0) is 63.1 Å². The van der Waals surface area contributed by atoms with Gasteiger partial charge >= 0.3 is 0 Å². The first kappa shape index (κ1) is 19.3. The highest BCUT2D eigenvalue weighted by Gasteiger charge is 2.48. The maximum absolute atomic E-state index is 12.5. The van der Waals surface area contributed by atoms with Crippen LogP contribution in [0.2, 0.25) is 0 Å². The molecule has 0 aromatic rings. The minimum atomic E-state index is -1.05. The summed E-state index contributed by atoms with van der Waals surface area (Å²) in [5.74, 6) is -0.153. The van der Waals surface area contributed by atoms with Crippen molar-refractivity contribution >= 4 is 29.1 Å². The molecule has 0 aliphatic carbocycles. The molecule has 0 saturated carbocycles. The van der Waals surface area contributed by atoms with E-state index in [1.807, 2.05) is 0 Å². The number of hydrogen-bond donors (Lipinski definition) is 2. The van der Waals surface area contributed by atoms with E-state index in [9.17, 15) is 9.59 Å². The molecule has 0 radical (unpaired) electrons. The summed E-state index contributed by atoms with van der Waals surface area (Å²) < 4.78 is 11.3. The van der Waals surface area contributed by atoms with Crippen LogP contribution in [0.3, 0.4) is 0 Å². The fourth-order valence-electron chi connectivity index (χ4n) is 3.13. The van der Waals surface area contributed by atoms with E-state index in [0.29, 0.717) is 31.8 Å². The SMILES string of the molecule is CC(C)CCC1(CCCOC2CCCCO2)C(=O)NC(=S)NC1=O. The van der Waals surface area contributed by atoms with E-state index < -0.39 is 5.41 Å². The van der Waals surface area contributed by atoms with E-state index >= 15 is 0 Å². The molecule has 2 amide bonds. The number of thiocarbonyl (C=S) groups is 1. The normalized spacial score (nSPS) is 24.0. The van der Waals surface area contributed by atoms with Crippen LogP contribution in [0.5, 0.6) is 0 Å². The molecule has 2 rings (SSSR count). The second-order valence-corrected chi connectivity index (χ2v) is 7.43. The number of rotatable bonds is 8. The van der Waals surface area contributed by atoms with Gasteiger partial charge in [0.25, 0.3) is 0 Å². The predicted octanol–water partition coefficient (Wildman–Crippen LogP) is 2.26. The van der Waals surface area contributed by atoms with Gasteiger partial charge in [-0.3, -0.25) is 9.59 Å². The van der Waals surface area contributed by atoms with E-state index in [-0.39, 0.29) is 23.2 Å². The van der Waals surface area contributed by atoms with E-state index in [1.54, 1.807) is 0 Å². The lowest BCUT2D eigenvalue weighted by atomic mass is 9.75. The van der Waals surface area contributed by atoms with Gasteiger partial charge < -0.3 is 20.1 Å². The van der Waals surface area contributed by atoms with E-state index in [2.05, 4.69) is 24.5 Å². The molecular weight excluding hydrogens is 328 g/mol. The fourth-order valence-corrected chi connectivity index (χ4v) is 3.31. The minimum absolute atomic E-state index is 0.0945. The Balaban J connectivity index is 1.91. The first-order valence-corrected chi connectivity index (χ1v) is 9.25. The van der Waals surface area contributed by atoms with Gasteiger partial charge in [0.2, 0.25) is 11.8 Å². The van der Waals surface area contributed by atoms with Crippen molar-refractivity contribution in [1.82, 2.24) is 10.6 Å². The summed E-state index contributed by atoms with van der Waals surface area (Å²) in [5.41, 5.74) is -1.05. The quantitative estimate of drug-likeness (QED) is 0.396. The van der Waals surface area contributed by atoms with Gasteiger partial charge in [0.05, 0.1) is 0 Å². The lowest BCUT2D eigenvalue weighted by Gasteiger charge is -2.35. The molecule has 1 atom stereocenters. The van der Waals surface area contributed by atoms with E-state index in [1.165, 1.54) is 0 Å². The van der Waals surface area contributed by atoms with Crippen molar-refractivity contribution in [2.75, 3.05) is 13.2 Å². The Hall–Kier alpha value is -1.05. The molecule has 2 saturated heterocycles. The molecule has 0 bridgehead atoms. The maximum Gasteiger partial charge on any atom is 0.241 e. The lowest BCUT2D eigenvalue weighted by molar-refractivity contribution is -0.164. The third-order valence-electron chi connectivity index (χ3n) is 4.66. The fraction of sp³-hybridized carbons (Fsp3) is 0.824. The largest absolute Gasteiger partial charge is 0.353 e. The molecule has 2 aliphatic rings. The molecule has 6 nitrogen and oxygen atoms in total. The number of carbonyl (C=O) groups excluding carboxylic acids is 2. The van der Waals surface area contributed by atoms with Crippen LogP contribution in [0.25, 0.3) is 0 Å². The molecule has 1 unspecified atom stereocenters. The summed E-state index contributed by atoms with van der Waals surface area (Å²) in [7, 11) is 0. The van der Waals surface area contributed by atoms with Crippen LogP contribution < -0.4 is 10.6 Å². The van der Waals surface area contributed by atoms with Gasteiger partial charge in [-0.2, -0.15) is 0 Å². The third kappa shape index (κ3) is 4.97. The molecule has 2 aliphatic heterocycles. The summed E-state index contributed by atoms with van der Waals surface area (Å²) in [6.07, 6.45) is 5.37. The van der Waals surface area contributed by atoms with Crippen LogP contribution in [0.1, 0.15) is 58.8 Å². The van der Waals surface area contributed by atoms with Crippen molar-refractivity contribution in [3.05, 3.63) is 0 Å². The topological polar surface area (TPSA) is 76.7 Å². The molecule has 7 heteroatoms. The average Bonchev–Trinajstić information content (AvgIpc) is 2.53. The number of ether oxygens (including phenoxy) is 2. The molecule has 2 N–H and O–H groups in total. The molecule has 0 aromatic carbocycles. The van der Waals surface area contributed by atoms with Crippen LogP contribution >= 0.6 is 12.2 Å². The van der Waals surface area contributed by atoms with Gasteiger partial charge in [-0.1, -0.05) is 13.8 Å². The summed E-state index contributed by atoms with van der Waals surface area (Å²) in [5, 5.41) is 5.31. The maximum atomic E-state index is 12.5. The molecule has 0 aromatic heterocycles.